The minimum Gasteiger partial charge on any atom is -0.496 e. The SMILES string of the molecule is COc1ccc(F)cc1C(C)(C)CC(O)(Cc1cc2cc(C(=O)O)ccc2[nH]1)C(F)(F)F. The van der Waals surface area contributed by atoms with Crippen LogP contribution >= 0.6 is 0 Å². The number of rotatable bonds is 7. The molecule has 3 aromatic rings. The number of aliphatic hydroxyl groups is 1. The van der Waals surface area contributed by atoms with E-state index in [0.717, 1.165) is 12.1 Å². The van der Waals surface area contributed by atoms with Gasteiger partial charge in [-0.3, -0.25) is 0 Å². The summed E-state index contributed by atoms with van der Waals surface area (Å²) in [6.45, 7) is 2.96. The van der Waals surface area contributed by atoms with E-state index in [9.17, 15) is 27.5 Å². The number of alkyl halides is 3. The first-order valence-corrected chi connectivity index (χ1v) is 9.74. The second-order valence-corrected chi connectivity index (χ2v) is 8.51. The maximum absolute atomic E-state index is 14.1. The minimum atomic E-state index is -4.99. The van der Waals surface area contributed by atoms with Gasteiger partial charge in [-0.2, -0.15) is 13.2 Å². The van der Waals surface area contributed by atoms with E-state index in [0.29, 0.717) is 10.9 Å². The summed E-state index contributed by atoms with van der Waals surface area (Å²) in [4.78, 5) is 14.0. The quantitative estimate of drug-likeness (QED) is 0.429. The van der Waals surface area contributed by atoms with Crippen molar-refractivity contribution in [3.05, 3.63) is 65.1 Å². The van der Waals surface area contributed by atoms with E-state index < -0.39 is 41.8 Å². The van der Waals surface area contributed by atoms with Gasteiger partial charge in [0, 0.05) is 28.6 Å². The number of halogens is 4. The van der Waals surface area contributed by atoms with E-state index in [4.69, 9.17) is 9.84 Å². The number of ether oxygens (including phenoxy) is 1. The molecule has 1 aromatic heterocycles. The Hall–Kier alpha value is -3.07. The third-order valence-corrected chi connectivity index (χ3v) is 5.56. The van der Waals surface area contributed by atoms with Crippen molar-refractivity contribution < 1.29 is 37.3 Å². The summed E-state index contributed by atoms with van der Waals surface area (Å²) in [7, 11) is 1.33. The average Bonchev–Trinajstić information content (AvgIpc) is 3.07. The van der Waals surface area contributed by atoms with Gasteiger partial charge in [-0.1, -0.05) is 13.8 Å². The van der Waals surface area contributed by atoms with Gasteiger partial charge in [0.15, 0.2) is 5.60 Å². The number of aromatic carboxylic acids is 1. The van der Waals surface area contributed by atoms with Crippen LogP contribution in [-0.4, -0.2) is 40.1 Å². The topological polar surface area (TPSA) is 82.6 Å². The van der Waals surface area contributed by atoms with Gasteiger partial charge in [-0.05, 0) is 54.3 Å². The molecule has 0 saturated carbocycles. The van der Waals surface area contributed by atoms with Gasteiger partial charge < -0.3 is 19.9 Å². The van der Waals surface area contributed by atoms with E-state index >= 15 is 0 Å². The van der Waals surface area contributed by atoms with Crippen LogP contribution in [-0.2, 0) is 11.8 Å². The van der Waals surface area contributed by atoms with E-state index in [1.54, 1.807) is 0 Å². The third-order valence-electron chi connectivity index (χ3n) is 5.56. The van der Waals surface area contributed by atoms with Crippen LogP contribution in [0.1, 0.15) is 41.9 Å². The van der Waals surface area contributed by atoms with E-state index in [1.807, 2.05) is 0 Å². The number of nitrogens with one attached hydrogen (secondary N) is 1. The van der Waals surface area contributed by atoms with Crippen molar-refractivity contribution in [2.75, 3.05) is 7.11 Å². The fraction of sp³-hybridized carbons (Fsp3) is 0.348. The molecule has 1 unspecified atom stereocenters. The summed E-state index contributed by atoms with van der Waals surface area (Å²) in [5, 5.41) is 20.3. The van der Waals surface area contributed by atoms with E-state index in [1.165, 1.54) is 51.3 Å². The molecule has 0 aliphatic carbocycles. The molecular formula is C23H23F4NO4. The van der Waals surface area contributed by atoms with Crippen LogP contribution in [0.4, 0.5) is 17.6 Å². The summed E-state index contributed by atoms with van der Waals surface area (Å²) >= 11 is 0. The highest BCUT2D eigenvalue weighted by Gasteiger charge is 2.56. The first-order chi connectivity index (χ1) is 14.8. The molecule has 3 N–H and O–H groups in total. The summed E-state index contributed by atoms with van der Waals surface area (Å²) < 4.78 is 61.3. The standard InChI is InChI=1S/C23H23F4NO4/c1-21(2,17-10-15(24)5-7-19(17)32-3)12-22(31,23(25,26)27)11-16-9-14-8-13(20(29)30)4-6-18(14)28-16/h4-10,28,31H,11-12H2,1-3H3,(H,29,30). The maximum Gasteiger partial charge on any atom is 0.417 e. The Labute approximate surface area is 181 Å². The van der Waals surface area contributed by atoms with Crippen molar-refractivity contribution >= 4 is 16.9 Å². The molecule has 0 spiro atoms. The molecule has 1 heterocycles. The summed E-state index contributed by atoms with van der Waals surface area (Å²) in [6.07, 6.45) is -6.55. The molecule has 0 saturated heterocycles. The van der Waals surface area contributed by atoms with Crippen molar-refractivity contribution in [3.8, 4) is 5.75 Å². The first kappa shape index (κ1) is 23.6. The molecular weight excluding hydrogens is 430 g/mol. The van der Waals surface area contributed by atoms with Crippen LogP contribution in [0.3, 0.4) is 0 Å². The summed E-state index contributed by atoms with van der Waals surface area (Å²) in [5.41, 5.74) is -3.73. The fourth-order valence-electron chi connectivity index (χ4n) is 4.03. The normalized spacial score (nSPS) is 14.4. The molecule has 9 heteroatoms. The number of fused-ring (bicyclic) bond motifs is 1. The number of carboxylic acids is 1. The van der Waals surface area contributed by atoms with E-state index in [-0.39, 0.29) is 22.6 Å². The molecule has 0 aliphatic heterocycles. The Bertz CT molecular complexity index is 1150. The van der Waals surface area contributed by atoms with Crippen molar-refractivity contribution in [2.24, 2.45) is 0 Å². The van der Waals surface area contributed by atoms with Crippen LogP contribution < -0.4 is 4.74 Å². The lowest BCUT2D eigenvalue weighted by atomic mass is 9.73. The second kappa shape index (κ2) is 8.12. The van der Waals surface area contributed by atoms with Gasteiger partial charge in [0.1, 0.15) is 11.6 Å². The van der Waals surface area contributed by atoms with Crippen molar-refractivity contribution in [1.29, 1.82) is 0 Å². The predicted molar refractivity (Wildman–Crippen MR) is 111 cm³/mol. The Balaban J connectivity index is 1.99. The number of methoxy groups -OCH3 is 1. The van der Waals surface area contributed by atoms with Crippen LogP contribution in [0.15, 0.2) is 42.5 Å². The van der Waals surface area contributed by atoms with Gasteiger partial charge in [-0.25, -0.2) is 9.18 Å². The Kier molecular flexibility index (Phi) is 5.99. The number of H-pyrrole nitrogens is 1. The predicted octanol–water partition coefficient (Wildman–Crippen LogP) is 5.22. The first-order valence-electron chi connectivity index (χ1n) is 9.74. The van der Waals surface area contributed by atoms with Crippen molar-refractivity contribution in [2.45, 2.75) is 43.9 Å². The second-order valence-electron chi connectivity index (χ2n) is 8.51. The largest absolute Gasteiger partial charge is 0.496 e. The molecule has 0 bridgehead atoms. The highest BCUT2D eigenvalue weighted by Crippen LogP contribution is 2.45. The van der Waals surface area contributed by atoms with Crippen LogP contribution in [0.25, 0.3) is 10.9 Å². The average molecular weight is 453 g/mol. The van der Waals surface area contributed by atoms with E-state index in [2.05, 4.69) is 4.98 Å². The molecule has 32 heavy (non-hydrogen) atoms. The highest BCUT2D eigenvalue weighted by atomic mass is 19.4. The lowest BCUT2D eigenvalue weighted by molar-refractivity contribution is -0.266. The zero-order chi connectivity index (χ0) is 23.9. The number of aromatic amines is 1. The Morgan fingerprint density at radius 1 is 1.09 bits per heavy atom. The zero-order valence-electron chi connectivity index (χ0n) is 17.7. The molecule has 1 atom stereocenters. The number of carboxylic acid groups (broad SMARTS) is 1. The number of aromatic nitrogens is 1. The highest BCUT2D eigenvalue weighted by molar-refractivity contribution is 5.93. The van der Waals surface area contributed by atoms with Gasteiger partial charge in [-0.15, -0.1) is 0 Å². The molecule has 0 aliphatic rings. The van der Waals surface area contributed by atoms with Gasteiger partial charge in [0.05, 0.1) is 12.7 Å². The lowest BCUT2D eigenvalue weighted by Gasteiger charge is -2.38. The zero-order valence-corrected chi connectivity index (χ0v) is 17.7. The molecule has 5 nitrogen and oxygen atoms in total. The molecule has 2 aromatic carbocycles. The molecule has 172 valence electrons. The summed E-state index contributed by atoms with van der Waals surface area (Å²) in [5.74, 6) is -1.57. The number of carbonyl (C=O) groups is 1. The fourth-order valence-corrected chi connectivity index (χ4v) is 4.03. The maximum atomic E-state index is 14.1. The number of benzene rings is 2. The monoisotopic (exact) mass is 453 g/mol. The summed E-state index contributed by atoms with van der Waals surface area (Å²) in [6, 6.07) is 9.09. The molecule has 0 amide bonds. The number of hydrogen-bond acceptors (Lipinski definition) is 3. The van der Waals surface area contributed by atoms with Gasteiger partial charge in [0.2, 0.25) is 0 Å². The third kappa shape index (κ3) is 4.57. The van der Waals surface area contributed by atoms with Gasteiger partial charge in [0.25, 0.3) is 0 Å². The Morgan fingerprint density at radius 2 is 1.78 bits per heavy atom. The molecule has 0 fully saturated rings. The van der Waals surface area contributed by atoms with Crippen LogP contribution in [0.5, 0.6) is 5.75 Å². The van der Waals surface area contributed by atoms with Crippen LogP contribution in [0, 0.1) is 5.82 Å². The lowest BCUT2D eigenvalue weighted by Crippen LogP contribution is -2.51. The smallest absolute Gasteiger partial charge is 0.417 e. The minimum absolute atomic E-state index is 0.00605. The van der Waals surface area contributed by atoms with Gasteiger partial charge >= 0.3 is 12.1 Å². The van der Waals surface area contributed by atoms with Crippen LogP contribution in [0.2, 0.25) is 0 Å². The van der Waals surface area contributed by atoms with Crippen molar-refractivity contribution in [3.63, 3.8) is 0 Å². The number of hydrogen-bond donors (Lipinski definition) is 3. The molecule has 3 rings (SSSR count). The Morgan fingerprint density at radius 3 is 2.38 bits per heavy atom. The molecule has 0 radical (unpaired) electrons. The van der Waals surface area contributed by atoms with Crippen molar-refractivity contribution in [1.82, 2.24) is 4.98 Å².